The topological polar surface area (TPSA) is 64.6 Å². The number of hydrogen-bond donors (Lipinski definition) is 1. The van der Waals surface area contributed by atoms with Gasteiger partial charge in [-0.3, -0.25) is 9.59 Å². The molecule has 1 amide bonds. The molecule has 0 aliphatic heterocycles. The van der Waals surface area contributed by atoms with E-state index in [1.807, 2.05) is 38.1 Å². The van der Waals surface area contributed by atoms with Crippen LogP contribution in [0, 0.1) is 6.92 Å². The van der Waals surface area contributed by atoms with E-state index in [0.29, 0.717) is 24.3 Å². The highest BCUT2D eigenvalue weighted by atomic mass is 16.5. The van der Waals surface area contributed by atoms with E-state index in [0.717, 1.165) is 5.75 Å². The maximum absolute atomic E-state index is 11.7. The van der Waals surface area contributed by atoms with E-state index in [1.165, 1.54) is 5.56 Å². The summed E-state index contributed by atoms with van der Waals surface area (Å²) in [4.78, 5) is 22.9. The smallest absolute Gasteiger partial charge is 0.306 e. The quantitative estimate of drug-likeness (QED) is 0.779. The van der Waals surface area contributed by atoms with Crippen molar-refractivity contribution >= 4 is 17.6 Å². The normalized spacial score (nSPS) is 10.1. The summed E-state index contributed by atoms with van der Waals surface area (Å²) in [5, 5.41) is 2.67. The maximum atomic E-state index is 11.7. The Morgan fingerprint density at radius 1 is 0.958 bits per heavy atom. The number of nitrogens with one attached hydrogen (secondary N) is 1. The molecule has 0 spiro atoms. The standard InChI is InChI=1S/C19H21NO4/c1-3-4-19(22)23-13-18(21)20-15-7-11-17(12-8-15)24-16-9-5-14(2)6-10-16/h5-12H,3-4,13H2,1-2H3,(H,20,21). The summed E-state index contributed by atoms with van der Waals surface area (Å²) in [5.41, 5.74) is 1.78. The number of carbonyl (C=O) groups is 2. The van der Waals surface area contributed by atoms with Crippen molar-refractivity contribution in [1.82, 2.24) is 0 Å². The molecular weight excluding hydrogens is 306 g/mol. The van der Waals surface area contributed by atoms with E-state index in [4.69, 9.17) is 9.47 Å². The molecular formula is C19H21NO4. The van der Waals surface area contributed by atoms with Crippen molar-refractivity contribution in [2.75, 3.05) is 11.9 Å². The first-order valence-corrected chi connectivity index (χ1v) is 7.87. The van der Waals surface area contributed by atoms with Gasteiger partial charge in [0, 0.05) is 12.1 Å². The largest absolute Gasteiger partial charge is 0.457 e. The van der Waals surface area contributed by atoms with Crippen LogP contribution in [0.1, 0.15) is 25.3 Å². The van der Waals surface area contributed by atoms with E-state index in [2.05, 4.69) is 5.32 Å². The van der Waals surface area contributed by atoms with Gasteiger partial charge in [0.25, 0.3) is 5.91 Å². The van der Waals surface area contributed by atoms with E-state index < -0.39 is 0 Å². The molecule has 2 aromatic carbocycles. The van der Waals surface area contributed by atoms with Crippen molar-refractivity contribution in [3.63, 3.8) is 0 Å². The van der Waals surface area contributed by atoms with Crippen molar-refractivity contribution in [1.29, 1.82) is 0 Å². The SMILES string of the molecule is CCCC(=O)OCC(=O)Nc1ccc(Oc2ccc(C)cc2)cc1. The van der Waals surface area contributed by atoms with Crippen molar-refractivity contribution in [3.05, 3.63) is 54.1 Å². The molecule has 0 radical (unpaired) electrons. The minimum absolute atomic E-state index is 0.277. The van der Waals surface area contributed by atoms with E-state index in [9.17, 15) is 9.59 Å². The Bertz CT molecular complexity index is 678. The molecule has 126 valence electrons. The monoisotopic (exact) mass is 327 g/mol. The number of rotatable bonds is 7. The third-order valence-electron chi connectivity index (χ3n) is 3.21. The molecule has 0 saturated heterocycles. The van der Waals surface area contributed by atoms with Crippen molar-refractivity contribution in [2.45, 2.75) is 26.7 Å². The summed E-state index contributed by atoms with van der Waals surface area (Å²) in [6, 6.07) is 14.7. The summed E-state index contributed by atoms with van der Waals surface area (Å²) in [7, 11) is 0. The van der Waals surface area contributed by atoms with Crippen LogP contribution in [0.5, 0.6) is 11.5 Å². The molecule has 0 bridgehead atoms. The first kappa shape index (κ1) is 17.5. The molecule has 0 heterocycles. The highest BCUT2D eigenvalue weighted by molar-refractivity contribution is 5.92. The van der Waals surface area contributed by atoms with E-state index >= 15 is 0 Å². The Morgan fingerprint density at radius 2 is 1.54 bits per heavy atom. The van der Waals surface area contributed by atoms with Gasteiger partial charge in [0.05, 0.1) is 0 Å². The molecule has 5 nitrogen and oxygen atoms in total. The fourth-order valence-corrected chi connectivity index (χ4v) is 1.97. The number of ether oxygens (including phenoxy) is 2. The summed E-state index contributed by atoms with van der Waals surface area (Å²) < 4.78 is 10.6. The van der Waals surface area contributed by atoms with Gasteiger partial charge in [-0.1, -0.05) is 24.6 Å². The van der Waals surface area contributed by atoms with Crippen molar-refractivity contribution in [3.8, 4) is 11.5 Å². The highest BCUT2D eigenvalue weighted by Gasteiger charge is 2.07. The molecule has 0 saturated carbocycles. The number of amides is 1. The average molecular weight is 327 g/mol. The van der Waals surface area contributed by atoms with E-state index in [-0.39, 0.29) is 18.5 Å². The molecule has 2 rings (SSSR count). The van der Waals surface area contributed by atoms with Crippen LogP contribution in [-0.2, 0) is 14.3 Å². The van der Waals surface area contributed by atoms with Gasteiger partial charge in [0.2, 0.25) is 0 Å². The van der Waals surface area contributed by atoms with Gasteiger partial charge in [-0.2, -0.15) is 0 Å². The Balaban J connectivity index is 1.84. The van der Waals surface area contributed by atoms with E-state index in [1.54, 1.807) is 24.3 Å². The van der Waals surface area contributed by atoms with Gasteiger partial charge in [0.1, 0.15) is 11.5 Å². The molecule has 0 fully saturated rings. The summed E-state index contributed by atoms with van der Waals surface area (Å²) >= 11 is 0. The molecule has 0 aliphatic rings. The predicted molar refractivity (Wildman–Crippen MR) is 92.2 cm³/mol. The van der Waals surface area contributed by atoms with Crippen molar-refractivity contribution < 1.29 is 19.1 Å². The lowest BCUT2D eigenvalue weighted by Gasteiger charge is -2.08. The Kier molecular flexibility index (Phi) is 6.37. The number of aryl methyl sites for hydroxylation is 1. The van der Waals surface area contributed by atoms with Crippen LogP contribution < -0.4 is 10.1 Å². The van der Waals surface area contributed by atoms with Gasteiger partial charge < -0.3 is 14.8 Å². The summed E-state index contributed by atoms with van der Waals surface area (Å²) in [5.74, 6) is 0.688. The zero-order valence-electron chi connectivity index (χ0n) is 13.9. The highest BCUT2D eigenvalue weighted by Crippen LogP contribution is 2.23. The number of carbonyl (C=O) groups excluding carboxylic acids is 2. The number of anilines is 1. The second kappa shape index (κ2) is 8.72. The van der Waals surface area contributed by atoms with Crippen LogP contribution in [0.15, 0.2) is 48.5 Å². The fraction of sp³-hybridized carbons (Fsp3) is 0.263. The van der Waals surface area contributed by atoms with Gasteiger partial charge in [0.15, 0.2) is 6.61 Å². The summed E-state index contributed by atoms with van der Waals surface area (Å²) in [6.45, 7) is 3.61. The number of hydrogen-bond acceptors (Lipinski definition) is 4. The van der Waals surface area contributed by atoms with Crippen LogP contribution in [0.3, 0.4) is 0 Å². The van der Waals surface area contributed by atoms with Crippen LogP contribution in [0.2, 0.25) is 0 Å². The second-order valence-electron chi connectivity index (χ2n) is 5.40. The summed E-state index contributed by atoms with van der Waals surface area (Å²) in [6.07, 6.45) is 1.02. The number of benzene rings is 2. The van der Waals surface area contributed by atoms with Crippen LogP contribution in [0.25, 0.3) is 0 Å². The fourth-order valence-electron chi connectivity index (χ4n) is 1.97. The minimum Gasteiger partial charge on any atom is -0.457 e. The molecule has 0 aromatic heterocycles. The van der Waals surface area contributed by atoms with Crippen LogP contribution in [-0.4, -0.2) is 18.5 Å². The third kappa shape index (κ3) is 5.76. The Hall–Kier alpha value is -2.82. The second-order valence-corrected chi connectivity index (χ2v) is 5.40. The third-order valence-corrected chi connectivity index (χ3v) is 3.21. The van der Waals surface area contributed by atoms with Gasteiger partial charge >= 0.3 is 5.97 Å². The molecule has 0 aliphatic carbocycles. The molecule has 0 atom stereocenters. The van der Waals surface area contributed by atoms with Gasteiger partial charge in [-0.15, -0.1) is 0 Å². The van der Waals surface area contributed by atoms with Gasteiger partial charge in [-0.05, 0) is 49.7 Å². The lowest BCUT2D eigenvalue weighted by molar-refractivity contribution is -0.147. The lowest BCUT2D eigenvalue weighted by Crippen LogP contribution is -2.20. The molecule has 2 aromatic rings. The Labute approximate surface area is 141 Å². The van der Waals surface area contributed by atoms with Crippen LogP contribution >= 0.6 is 0 Å². The lowest BCUT2D eigenvalue weighted by atomic mass is 10.2. The first-order chi connectivity index (χ1) is 11.6. The van der Waals surface area contributed by atoms with Gasteiger partial charge in [-0.25, -0.2) is 0 Å². The maximum Gasteiger partial charge on any atom is 0.306 e. The molecule has 24 heavy (non-hydrogen) atoms. The number of esters is 1. The zero-order chi connectivity index (χ0) is 17.4. The molecule has 0 unspecified atom stereocenters. The Morgan fingerprint density at radius 3 is 2.12 bits per heavy atom. The zero-order valence-corrected chi connectivity index (χ0v) is 13.9. The van der Waals surface area contributed by atoms with Crippen LogP contribution in [0.4, 0.5) is 5.69 Å². The van der Waals surface area contributed by atoms with Crippen molar-refractivity contribution in [2.24, 2.45) is 0 Å². The average Bonchev–Trinajstić information content (AvgIpc) is 2.57. The predicted octanol–water partition coefficient (Wildman–Crippen LogP) is 4.07. The molecule has 5 heteroatoms. The minimum atomic E-state index is -0.369. The first-order valence-electron chi connectivity index (χ1n) is 7.87. The molecule has 1 N–H and O–H groups in total.